The van der Waals surface area contributed by atoms with Gasteiger partial charge in [0.05, 0.1) is 46.8 Å². The molecule has 0 aliphatic carbocycles. The topological polar surface area (TPSA) is 68.2 Å². The van der Waals surface area contributed by atoms with E-state index in [-0.39, 0.29) is 29.5 Å². The van der Waals surface area contributed by atoms with E-state index in [0.717, 1.165) is 16.9 Å². The number of aliphatic hydroxyl groups is 2. The molecule has 0 aliphatic heterocycles. The van der Waals surface area contributed by atoms with Crippen LogP contribution in [0.4, 0.5) is 0 Å². The number of aryl methyl sites for hydroxylation is 1. The second kappa shape index (κ2) is 14.5. The second-order valence-corrected chi connectivity index (χ2v) is 13.1. The first-order chi connectivity index (χ1) is 17.5. The number of benzene rings is 2. The molecule has 0 atom stereocenters. The third-order valence-electron chi connectivity index (χ3n) is 6.53. The Balaban J connectivity index is 0.000000382. The summed E-state index contributed by atoms with van der Waals surface area (Å²) in [5.74, 6) is 0.952. The highest BCUT2D eigenvalue weighted by atomic mass is 16.5. The maximum absolute atomic E-state index is 8.86. The van der Waals surface area contributed by atoms with Crippen molar-refractivity contribution in [3.05, 3.63) is 63.2 Å². The molecule has 5 heteroatoms. The highest BCUT2D eigenvalue weighted by Gasteiger charge is 2.23. The lowest BCUT2D eigenvalue weighted by Crippen LogP contribution is -2.19. The average Bonchev–Trinajstić information content (AvgIpc) is 2.78. The summed E-state index contributed by atoms with van der Waals surface area (Å²) in [6.07, 6.45) is 0. The smallest absolute Gasteiger partial charge is 0.125 e. The van der Waals surface area contributed by atoms with E-state index in [9.17, 15) is 0 Å². The number of hydrogen-bond acceptors (Lipinski definition) is 5. The zero-order chi connectivity index (χ0) is 29.3. The number of hydrogen-bond donors (Lipinski definition) is 2. The molecule has 216 valence electrons. The van der Waals surface area contributed by atoms with E-state index in [1.54, 1.807) is 7.11 Å². The van der Waals surface area contributed by atoms with Crippen molar-refractivity contribution < 1.29 is 24.4 Å². The van der Waals surface area contributed by atoms with E-state index in [2.05, 4.69) is 93.5 Å². The maximum atomic E-state index is 8.86. The molecule has 2 aromatic carbocycles. The van der Waals surface area contributed by atoms with Crippen molar-refractivity contribution in [2.24, 2.45) is 0 Å². The monoisotopic (exact) mass is 530 g/mol. The average molecular weight is 531 g/mol. The summed E-state index contributed by atoms with van der Waals surface area (Å²) in [4.78, 5) is 0. The van der Waals surface area contributed by atoms with Crippen molar-refractivity contribution in [3.8, 4) is 5.75 Å². The van der Waals surface area contributed by atoms with Gasteiger partial charge < -0.3 is 24.4 Å². The minimum atomic E-state index is 0.0308. The number of aliphatic hydroxyl groups excluding tert-OH is 2. The Morgan fingerprint density at radius 1 is 0.658 bits per heavy atom. The van der Waals surface area contributed by atoms with Crippen LogP contribution >= 0.6 is 0 Å². The van der Waals surface area contributed by atoms with Crippen molar-refractivity contribution in [2.45, 2.75) is 106 Å². The standard InChI is InChI=1S/C18H30O2.C15H24O3/c1-13-14(12-20-9-8-19)10-15(17(2,3)4)11-16(13)18(5,6)7;1-11-8-12(10-18-7-6-16)9-13(14(11)17-5)15(2,3)4/h10-11,19H,8-9,12H2,1-7H3;8-9,16H,6-7,10H2,1-5H3. The first-order valence-electron chi connectivity index (χ1n) is 13.7. The van der Waals surface area contributed by atoms with Crippen molar-refractivity contribution in [1.82, 2.24) is 0 Å². The number of rotatable bonds is 9. The molecule has 38 heavy (non-hydrogen) atoms. The molecule has 0 radical (unpaired) electrons. The minimum Gasteiger partial charge on any atom is -0.496 e. The summed E-state index contributed by atoms with van der Waals surface area (Å²) in [6.45, 7) is 26.2. The summed E-state index contributed by atoms with van der Waals surface area (Å²) in [5, 5.41) is 17.6. The molecule has 5 nitrogen and oxygen atoms in total. The van der Waals surface area contributed by atoms with Gasteiger partial charge in [0, 0.05) is 5.56 Å². The van der Waals surface area contributed by atoms with Gasteiger partial charge in [-0.3, -0.25) is 0 Å². The lowest BCUT2D eigenvalue weighted by atomic mass is 9.77. The van der Waals surface area contributed by atoms with E-state index in [1.807, 2.05) is 6.92 Å². The lowest BCUT2D eigenvalue weighted by molar-refractivity contribution is 0.0811. The van der Waals surface area contributed by atoms with Crippen molar-refractivity contribution >= 4 is 0 Å². The van der Waals surface area contributed by atoms with Crippen LogP contribution in [0.3, 0.4) is 0 Å². The Morgan fingerprint density at radius 2 is 1.18 bits per heavy atom. The van der Waals surface area contributed by atoms with Gasteiger partial charge in [0.2, 0.25) is 0 Å². The maximum Gasteiger partial charge on any atom is 0.125 e. The van der Waals surface area contributed by atoms with Crippen LogP contribution in [0.15, 0.2) is 24.3 Å². The number of ether oxygens (including phenoxy) is 3. The lowest BCUT2D eigenvalue weighted by Gasteiger charge is -2.28. The summed E-state index contributed by atoms with van der Waals surface area (Å²) in [6, 6.07) is 8.79. The Hall–Kier alpha value is -1.92. The predicted molar refractivity (Wildman–Crippen MR) is 158 cm³/mol. The summed E-state index contributed by atoms with van der Waals surface area (Å²) in [5.41, 5.74) is 8.97. The van der Waals surface area contributed by atoms with Gasteiger partial charge in [-0.25, -0.2) is 0 Å². The van der Waals surface area contributed by atoms with Crippen molar-refractivity contribution in [3.63, 3.8) is 0 Å². The van der Waals surface area contributed by atoms with Gasteiger partial charge in [0.15, 0.2) is 0 Å². The van der Waals surface area contributed by atoms with Crippen LogP contribution in [0.25, 0.3) is 0 Å². The molecule has 0 heterocycles. The molecular weight excluding hydrogens is 476 g/mol. The zero-order valence-electron chi connectivity index (χ0n) is 26.2. The Morgan fingerprint density at radius 3 is 1.63 bits per heavy atom. The minimum absolute atomic E-state index is 0.0308. The van der Waals surface area contributed by atoms with Gasteiger partial charge in [-0.2, -0.15) is 0 Å². The molecule has 0 fully saturated rings. The van der Waals surface area contributed by atoms with Crippen LogP contribution in [-0.4, -0.2) is 43.8 Å². The quantitative estimate of drug-likeness (QED) is 0.345. The van der Waals surface area contributed by atoms with E-state index < -0.39 is 0 Å². The highest BCUT2D eigenvalue weighted by molar-refractivity contribution is 5.47. The van der Waals surface area contributed by atoms with Crippen LogP contribution < -0.4 is 4.74 Å². The Bertz CT molecular complexity index is 1000. The van der Waals surface area contributed by atoms with Crippen LogP contribution in [0.2, 0.25) is 0 Å². The SMILES string of the molecule is COc1c(C)cc(COCCO)cc1C(C)(C)C.Cc1c(COCCO)cc(C(C)(C)C)cc1C(C)(C)C. The zero-order valence-corrected chi connectivity index (χ0v) is 26.2. The number of methoxy groups -OCH3 is 1. The van der Waals surface area contributed by atoms with Crippen LogP contribution in [0, 0.1) is 13.8 Å². The fourth-order valence-electron chi connectivity index (χ4n) is 4.40. The summed E-state index contributed by atoms with van der Waals surface area (Å²) < 4.78 is 16.4. The molecule has 0 aromatic heterocycles. The first kappa shape index (κ1) is 34.1. The molecule has 0 saturated carbocycles. The third-order valence-corrected chi connectivity index (χ3v) is 6.53. The van der Waals surface area contributed by atoms with E-state index in [0.29, 0.717) is 26.4 Å². The predicted octanol–water partition coefficient (Wildman–Crippen LogP) is 6.91. The molecule has 0 amide bonds. The Labute approximate surface area is 232 Å². The molecule has 2 aromatic rings. The van der Waals surface area contributed by atoms with Crippen molar-refractivity contribution in [2.75, 3.05) is 33.5 Å². The summed E-state index contributed by atoms with van der Waals surface area (Å²) >= 11 is 0. The molecule has 2 N–H and O–H groups in total. The van der Waals surface area contributed by atoms with Crippen molar-refractivity contribution in [1.29, 1.82) is 0 Å². The normalized spacial score (nSPS) is 12.3. The summed E-state index contributed by atoms with van der Waals surface area (Å²) in [7, 11) is 1.71. The molecule has 0 bridgehead atoms. The first-order valence-corrected chi connectivity index (χ1v) is 13.7. The van der Waals surface area contributed by atoms with Crippen LogP contribution in [0.1, 0.15) is 101 Å². The highest BCUT2D eigenvalue weighted by Crippen LogP contribution is 2.35. The van der Waals surface area contributed by atoms with E-state index >= 15 is 0 Å². The van der Waals surface area contributed by atoms with Crippen LogP contribution in [0.5, 0.6) is 5.75 Å². The van der Waals surface area contributed by atoms with Crippen LogP contribution in [-0.2, 0) is 38.9 Å². The molecule has 2 rings (SSSR count). The van der Waals surface area contributed by atoms with E-state index in [4.69, 9.17) is 24.4 Å². The molecule has 0 aliphatic rings. The molecule has 0 unspecified atom stereocenters. The fourth-order valence-corrected chi connectivity index (χ4v) is 4.40. The third kappa shape index (κ3) is 10.3. The molecule has 0 saturated heterocycles. The Kier molecular flexibility index (Phi) is 13.0. The molecular formula is C33H54O5. The van der Waals surface area contributed by atoms with Gasteiger partial charge in [0.1, 0.15) is 5.75 Å². The van der Waals surface area contributed by atoms with Gasteiger partial charge >= 0.3 is 0 Å². The van der Waals surface area contributed by atoms with Gasteiger partial charge in [-0.05, 0) is 69.5 Å². The van der Waals surface area contributed by atoms with Gasteiger partial charge in [-0.1, -0.05) is 80.5 Å². The van der Waals surface area contributed by atoms with E-state index in [1.165, 1.54) is 27.8 Å². The van der Waals surface area contributed by atoms with Gasteiger partial charge in [0.25, 0.3) is 0 Å². The largest absolute Gasteiger partial charge is 0.496 e. The molecule has 0 spiro atoms. The second-order valence-electron chi connectivity index (χ2n) is 13.1. The fraction of sp³-hybridized carbons (Fsp3) is 0.636. The van der Waals surface area contributed by atoms with Gasteiger partial charge in [-0.15, -0.1) is 0 Å².